The molecule has 0 spiro atoms. The summed E-state index contributed by atoms with van der Waals surface area (Å²) in [5.74, 6) is -3.03. The zero-order valence-corrected chi connectivity index (χ0v) is 33.1. The minimum atomic E-state index is -4.54. The van der Waals surface area contributed by atoms with E-state index in [9.17, 15) is 54.1 Å². The topological polar surface area (TPSA) is 230 Å². The number of carboxylic acid groups (broad SMARTS) is 1. The lowest BCUT2D eigenvalue weighted by atomic mass is 9.86. The van der Waals surface area contributed by atoms with Gasteiger partial charge < -0.3 is 10.0 Å². The lowest BCUT2D eigenvalue weighted by Crippen LogP contribution is -2.65. The van der Waals surface area contributed by atoms with Crippen molar-refractivity contribution >= 4 is 77.2 Å². The first kappa shape index (κ1) is 39.5. The molecule has 3 aliphatic heterocycles. The van der Waals surface area contributed by atoms with E-state index in [1.807, 2.05) is 30.9 Å². The third kappa shape index (κ3) is 7.81. The van der Waals surface area contributed by atoms with Gasteiger partial charge in [0, 0.05) is 44.1 Å². The molecule has 52 heavy (non-hydrogen) atoms. The monoisotopic (exact) mass is 792 g/mol. The number of carbonyl (C=O) groups is 1. The Morgan fingerprint density at radius 3 is 1.98 bits per heavy atom. The van der Waals surface area contributed by atoms with Gasteiger partial charge in [-0.15, -0.1) is 0 Å². The van der Waals surface area contributed by atoms with Crippen LogP contribution in [0.1, 0.15) is 57.2 Å². The molecule has 3 heterocycles. The third-order valence-electron chi connectivity index (χ3n) is 10.0. The van der Waals surface area contributed by atoms with Crippen molar-refractivity contribution in [3.05, 3.63) is 63.7 Å². The third-order valence-corrected chi connectivity index (χ3v) is 15.6. The molecule has 2 aromatic carbocycles. The molecule has 5 rings (SSSR count). The Hall–Kier alpha value is -3.70. The van der Waals surface area contributed by atoms with Gasteiger partial charge in [-0.2, -0.15) is 30.5 Å². The molecule has 2 aromatic rings. The zero-order valence-electron chi connectivity index (χ0n) is 29.6. The highest BCUT2D eigenvalue weighted by atomic mass is 32.2. The summed E-state index contributed by atoms with van der Waals surface area (Å²) in [7, 11) is -16.3. The smallest absolute Gasteiger partial charge is 0.303 e. The number of benzene rings is 2. The van der Waals surface area contributed by atoms with Crippen molar-refractivity contribution in [1.29, 1.82) is 5.26 Å². The molecule has 18 heteroatoms. The first-order valence-electron chi connectivity index (χ1n) is 16.4. The number of hydrogen-bond acceptors (Lipinski definition) is 9. The van der Waals surface area contributed by atoms with Gasteiger partial charge in [-0.3, -0.25) is 18.5 Å². The van der Waals surface area contributed by atoms with Gasteiger partial charge >= 0.3 is 5.97 Å². The second-order valence-electron chi connectivity index (χ2n) is 15.1. The van der Waals surface area contributed by atoms with Crippen molar-refractivity contribution < 1.29 is 48.8 Å². The number of anilines is 1. The van der Waals surface area contributed by atoms with Crippen LogP contribution >= 0.6 is 0 Å². The second kappa shape index (κ2) is 13.0. The van der Waals surface area contributed by atoms with Gasteiger partial charge in [0.1, 0.15) is 31.4 Å². The Bertz CT molecular complexity index is 2500. The average molecular weight is 793 g/mol. The van der Waals surface area contributed by atoms with Crippen molar-refractivity contribution in [3.63, 3.8) is 0 Å². The van der Waals surface area contributed by atoms with E-state index in [1.165, 1.54) is 0 Å². The highest BCUT2D eigenvalue weighted by Gasteiger charge is 2.42. The number of hydrogen-bond donors (Lipinski definition) is 4. The molecule has 0 unspecified atom stereocenters. The minimum absolute atomic E-state index is 0.0992. The maximum atomic E-state index is 12.2. The minimum Gasteiger partial charge on any atom is -0.481 e. The molecule has 0 amide bonds. The molecule has 0 saturated carbocycles. The Balaban J connectivity index is 1.89. The van der Waals surface area contributed by atoms with Crippen molar-refractivity contribution in [2.45, 2.75) is 64.7 Å². The van der Waals surface area contributed by atoms with Gasteiger partial charge in [0.2, 0.25) is 5.36 Å². The summed E-state index contributed by atoms with van der Waals surface area (Å²) in [5.41, 5.74) is 0.938. The number of fused-ring (bicyclic) bond motifs is 4. The van der Waals surface area contributed by atoms with Gasteiger partial charge in [0.15, 0.2) is 12.1 Å². The predicted molar refractivity (Wildman–Crippen MR) is 201 cm³/mol. The molecule has 14 nitrogen and oxygen atoms in total. The molecule has 0 bridgehead atoms. The van der Waals surface area contributed by atoms with E-state index in [-0.39, 0.29) is 30.5 Å². The number of carboxylic acids is 1. The Morgan fingerprint density at radius 1 is 0.846 bits per heavy atom. The SMILES string of the molecule is CC1(C)C=C(CS(=O)(=O)O)c2cc3c(cc2N1CCCC(=O)O)[Si](C)(C)c1cc2c(cc1=C3C#N)C(CS(=O)(=O)O)=CC(C)(C)[N+]=2CCS(=O)(=O)O. The van der Waals surface area contributed by atoms with E-state index < -0.39 is 72.7 Å². The summed E-state index contributed by atoms with van der Waals surface area (Å²) in [6.07, 6.45) is 3.51. The molecule has 0 saturated heterocycles. The normalized spacial score (nSPS) is 18.7. The van der Waals surface area contributed by atoms with Crippen LogP contribution in [0.2, 0.25) is 13.1 Å². The predicted octanol–water partition coefficient (Wildman–Crippen LogP) is 0.722. The quantitative estimate of drug-likeness (QED) is 0.140. The Labute approximate surface area is 304 Å². The molecule has 0 fully saturated rings. The number of aliphatic carboxylic acids is 1. The van der Waals surface area contributed by atoms with Gasteiger partial charge in [-0.05, 0) is 76.8 Å². The molecular weight excluding hydrogens is 751 g/mol. The second-order valence-corrected chi connectivity index (χ2v) is 23.9. The van der Waals surface area contributed by atoms with E-state index in [0.717, 1.165) is 10.4 Å². The summed E-state index contributed by atoms with van der Waals surface area (Å²) in [5, 5.41) is 22.6. The van der Waals surface area contributed by atoms with Crippen LogP contribution in [0.5, 0.6) is 0 Å². The molecular formula is C34H42N3O11S3Si+. The number of rotatable bonds is 11. The zero-order chi connectivity index (χ0) is 39.0. The molecule has 0 radical (unpaired) electrons. The highest BCUT2D eigenvalue weighted by Crippen LogP contribution is 2.41. The average Bonchev–Trinajstić information content (AvgIpc) is 2.95. The highest BCUT2D eigenvalue weighted by molar-refractivity contribution is 7.86. The van der Waals surface area contributed by atoms with Crippen LogP contribution in [-0.2, 0) is 35.1 Å². The lowest BCUT2D eigenvalue weighted by Gasteiger charge is -2.45. The van der Waals surface area contributed by atoms with Crippen molar-refractivity contribution in [2.24, 2.45) is 0 Å². The summed E-state index contributed by atoms with van der Waals surface area (Å²) in [6, 6.07) is 9.45. The van der Waals surface area contributed by atoms with Crippen LogP contribution in [-0.4, -0.2) is 99.5 Å². The lowest BCUT2D eigenvalue weighted by molar-refractivity contribution is -0.137. The largest absolute Gasteiger partial charge is 0.481 e. The first-order chi connectivity index (χ1) is 23.6. The maximum absolute atomic E-state index is 12.2. The van der Waals surface area contributed by atoms with E-state index in [0.29, 0.717) is 45.1 Å². The summed E-state index contributed by atoms with van der Waals surface area (Å²) < 4.78 is 104. The van der Waals surface area contributed by atoms with Gasteiger partial charge in [-0.1, -0.05) is 19.2 Å². The van der Waals surface area contributed by atoms with Gasteiger partial charge in [0.25, 0.3) is 30.4 Å². The Morgan fingerprint density at radius 2 is 1.44 bits per heavy atom. The molecule has 0 aliphatic carbocycles. The van der Waals surface area contributed by atoms with Crippen LogP contribution in [0, 0.1) is 11.3 Å². The Kier molecular flexibility index (Phi) is 9.88. The fraction of sp³-hybridized carbons (Fsp3) is 0.441. The van der Waals surface area contributed by atoms with E-state index in [4.69, 9.17) is 0 Å². The van der Waals surface area contributed by atoms with Crippen molar-refractivity contribution in [2.75, 3.05) is 35.2 Å². The number of nitriles is 1. The molecule has 0 aromatic heterocycles. The molecule has 0 atom stereocenters. The fourth-order valence-corrected chi connectivity index (χ4v) is 12.5. The summed E-state index contributed by atoms with van der Waals surface area (Å²) in [4.78, 5) is 13.4. The molecule has 3 aliphatic rings. The van der Waals surface area contributed by atoms with Crippen molar-refractivity contribution in [1.82, 2.24) is 4.58 Å². The number of nitrogens with zero attached hydrogens (tertiary/aromatic N) is 3. The maximum Gasteiger partial charge on any atom is 0.303 e. The van der Waals surface area contributed by atoms with E-state index in [2.05, 4.69) is 19.2 Å². The van der Waals surface area contributed by atoms with Crippen molar-refractivity contribution in [3.8, 4) is 6.07 Å². The first-order valence-corrected chi connectivity index (χ1v) is 24.2. The molecule has 4 N–H and O–H groups in total. The van der Waals surface area contributed by atoms with Crippen LogP contribution in [0.15, 0.2) is 36.4 Å². The van der Waals surface area contributed by atoms with Crippen LogP contribution in [0.3, 0.4) is 0 Å². The fourth-order valence-electron chi connectivity index (χ4n) is 7.83. The van der Waals surface area contributed by atoms with Crippen LogP contribution in [0.25, 0.3) is 16.7 Å². The van der Waals surface area contributed by atoms with E-state index in [1.54, 1.807) is 42.7 Å². The van der Waals surface area contributed by atoms with Gasteiger partial charge in [-0.25, -0.2) is 4.58 Å². The van der Waals surface area contributed by atoms with E-state index >= 15 is 0 Å². The summed E-state index contributed by atoms with van der Waals surface area (Å²) in [6.45, 7) is 11.5. The van der Waals surface area contributed by atoms with Gasteiger partial charge in [0.05, 0.1) is 16.7 Å². The van der Waals surface area contributed by atoms with Crippen LogP contribution in [0.4, 0.5) is 5.69 Å². The van der Waals surface area contributed by atoms with Crippen LogP contribution < -0.4 is 30.4 Å². The summed E-state index contributed by atoms with van der Waals surface area (Å²) >= 11 is 0. The molecule has 280 valence electrons. The standard InChI is InChI=1S/C34H41N3O11S3Si/c1-33(2)16-21(19-50(43,44)45)23-12-25-27(18-35)26-13-24-22(20-51(46,47)48)17-34(3,4)37(10-11-49(40,41)42)29(24)15-31(26)52(5,6)30(25)14-28(23)36(33)9-7-8-32(38)39/h12-17H,7-11,19-20H2,1-6H3,(H3-,38,39,40,41,42,43,44,45,46,47,48)/p+1.